The summed E-state index contributed by atoms with van der Waals surface area (Å²) in [5.41, 5.74) is -1.24. The molecule has 0 amide bonds. The van der Waals surface area contributed by atoms with Gasteiger partial charge in [-0.15, -0.1) is 0 Å². The Labute approximate surface area is 101 Å². The van der Waals surface area contributed by atoms with Crippen molar-refractivity contribution in [2.75, 3.05) is 6.61 Å². The number of hydrogen-bond donors (Lipinski definition) is 4. The summed E-state index contributed by atoms with van der Waals surface area (Å²) in [5, 5.41) is 46.8. The highest BCUT2D eigenvalue weighted by atomic mass is 16.6. The quantitative estimate of drug-likeness (QED) is 0.418. The van der Waals surface area contributed by atoms with Crippen molar-refractivity contribution in [3.05, 3.63) is 39.4 Å². The van der Waals surface area contributed by atoms with Gasteiger partial charge in [-0.3, -0.25) is 10.1 Å². The average molecular weight is 257 g/mol. The second kappa shape index (κ2) is 5.54. The van der Waals surface area contributed by atoms with Gasteiger partial charge in [0.1, 0.15) is 17.8 Å². The van der Waals surface area contributed by atoms with Crippen LogP contribution in [0, 0.1) is 10.1 Å². The van der Waals surface area contributed by atoms with Gasteiger partial charge in [-0.1, -0.05) is 0 Å². The molecule has 1 rings (SSSR count). The number of benzene rings is 1. The Hall–Kier alpha value is -2.03. The molecule has 0 spiro atoms. The lowest BCUT2D eigenvalue weighted by atomic mass is 10.0. The fourth-order valence-corrected chi connectivity index (χ4v) is 1.39. The van der Waals surface area contributed by atoms with E-state index in [1.165, 1.54) is 0 Å². The molecule has 2 unspecified atom stereocenters. The third kappa shape index (κ3) is 2.80. The summed E-state index contributed by atoms with van der Waals surface area (Å²) in [4.78, 5) is 20.6. The van der Waals surface area contributed by atoms with E-state index in [-0.39, 0.29) is 5.56 Å². The third-order valence-corrected chi connectivity index (χ3v) is 2.34. The maximum atomic E-state index is 10.8. The van der Waals surface area contributed by atoms with Crippen molar-refractivity contribution in [1.29, 1.82) is 0 Å². The van der Waals surface area contributed by atoms with Gasteiger partial charge in [0.15, 0.2) is 0 Å². The number of nitro benzene ring substituents is 1. The van der Waals surface area contributed by atoms with Crippen LogP contribution in [0.3, 0.4) is 0 Å². The van der Waals surface area contributed by atoms with E-state index >= 15 is 0 Å². The molecule has 0 aliphatic heterocycles. The highest BCUT2D eigenvalue weighted by molar-refractivity contribution is 5.92. The minimum absolute atomic E-state index is 0.0282. The minimum atomic E-state index is -1.52. The molecule has 0 saturated carbocycles. The number of carbonyl (C=O) groups is 1. The van der Waals surface area contributed by atoms with Gasteiger partial charge in [-0.05, 0) is 17.7 Å². The Bertz CT molecular complexity index is 473. The van der Waals surface area contributed by atoms with Gasteiger partial charge < -0.3 is 20.4 Å². The first kappa shape index (κ1) is 14.0. The van der Waals surface area contributed by atoms with Gasteiger partial charge in [-0.2, -0.15) is 0 Å². The molecule has 0 heterocycles. The Kier molecular flexibility index (Phi) is 4.32. The number of rotatable bonds is 5. The van der Waals surface area contributed by atoms with Crippen molar-refractivity contribution >= 4 is 11.7 Å². The predicted molar refractivity (Wildman–Crippen MR) is 58.1 cm³/mol. The van der Waals surface area contributed by atoms with E-state index < -0.39 is 41.0 Å². The first-order valence-electron chi connectivity index (χ1n) is 4.87. The molecule has 0 aliphatic rings. The summed E-state index contributed by atoms with van der Waals surface area (Å²) < 4.78 is 0. The van der Waals surface area contributed by atoms with Crippen molar-refractivity contribution in [2.45, 2.75) is 12.2 Å². The van der Waals surface area contributed by atoms with Gasteiger partial charge in [-0.25, -0.2) is 4.79 Å². The molecular formula is C10H11NO7. The van der Waals surface area contributed by atoms with Crippen LogP contribution in [0.15, 0.2) is 18.2 Å². The van der Waals surface area contributed by atoms with E-state index in [1.54, 1.807) is 0 Å². The fraction of sp³-hybridized carbons (Fsp3) is 0.300. The van der Waals surface area contributed by atoms with Gasteiger partial charge in [0.25, 0.3) is 5.69 Å². The smallest absolute Gasteiger partial charge is 0.342 e. The molecule has 0 radical (unpaired) electrons. The number of carboxylic acid groups (broad SMARTS) is 1. The number of aliphatic hydroxyl groups is 3. The van der Waals surface area contributed by atoms with E-state index in [9.17, 15) is 25.1 Å². The minimum Gasteiger partial charge on any atom is -0.477 e. The SMILES string of the molecule is O=C(O)c1cc(C(O)C(O)CO)ccc1[N+](=O)[O-]. The highest BCUT2D eigenvalue weighted by Crippen LogP contribution is 2.25. The zero-order valence-corrected chi connectivity index (χ0v) is 9.05. The molecule has 4 N–H and O–H groups in total. The van der Waals surface area contributed by atoms with Crippen LogP contribution in [0.1, 0.15) is 22.0 Å². The number of aromatic carboxylic acids is 1. The molecule has 0 fully saturated rings. The Balaban J connectivity index is 3.23. The van der Waals surface area contributed by atoms with E-state index in [1.807, 2.05) is 0 Å². The van der Waals surface area contributed by atoms with Crippen LogP contribution in [-0.4, -0.2) is 44.0 Å². The van der Waals surface area contributed by atoms with E-state index in [0.29, 0.717) is 0 Å². The molecule has 1 aromatic rings. The van der Waals surface area contributed by atoms with Gasteiger partial charge in [0.2, 0.25) is 0 Å². The second-order valence-corrected chi connectivity index (χ2v) is 3.53. The van der Waals surface area contributed by atoms with Crippen LogP contribution in [0.2, 0.25) is 0 Å². The normalized spacial score (nSPS) is 13.9. The second-order valence-electron chi connectivity index (χ2n) is 3.53. The van der Waals surface area contributed by atoms with Crippen molar-refractivity contribution in [1.82, 2.24) is 0 Å². The lowest BCUT2D eigenvalue weighted by Crippen LogP contribution is -2.22. The third-order valence-electron chi connectivity index (χ3n) is 2.34. The molecule has 0 saturated heterocycles. The van der Waals surface area contributed by atoms with Crippen LogP contribution in [0.5, 0.6) is 0 Å². The molecule has 8 nitrogen and oxygen atoms in total. The van der Waals surface area contributed by atoms with Gasteiger partial charge in [0, 0.05) is 6.07 Å². The van der Waals surface area contributed by atoms with Crippen molar-refractivity contribution in [3.8, 4) is 0 Å². The van der Waals surface area contributed by atoms with Crippen LogP contribution >= 0.6 is 0 Å². The molecule has 0 bridgehead atoms. The molecule has 1 aromatic carbocycles. The predicted octanol–water partition coefficient (Wildman–Crippen LogP) is -0.320. The highest BCUT2D eigenvalue weighted by Gasteiger charge is 2.24. The van der Waals surface area contributed by atoms with Gasteiger partial charge in [0.05, 0.1) is 11.5 Å². The number of carboxylic acids is 1. The number of aliphatic hydroxyl groups excluding tert-OH is 3. The number of nitro groups is 1. The zero-order valence-electron chi connectivity index (χ0n) is 9.05. The standard InChI is InChI=1S/C10H11NO7/c12-4-8(13)9(14)5-1-2-7(11(17)18)6(3-5)10(15)16/h1-3,8-9,12-14H,4H2,(H,15,16). The summed E-state index contributed by atoms with van der Waals surface area (Å²) >= 11 is 0. The molecule has 0 aliphatic carbocycles. The Morgan fingerprint density at radius 1 is 1.39 bits per heavy atom. The first-order chi connectivity index (χ1) is 8.38. The molecule has 2 atom stereocenters. The summed E-state index contributed by atoms with van der Waals surface area (Å²) in [5.74, 6) is -1.52. The topological polar surface area (TPSA) is 141 Å². The van der Waals surface area contributed by atoms with Gasteiger partial charge >= 0.3 is 5.97 Å². The van der Waals surface area contributed by atoms with Crippen molar-refractivity contribution < 1.29 is 30.1 Å². The van der Waals surface area contributed by atoms with Crippen molar-refractivity contribution in [3.63, 3.8) is 0 Å². The lowest BCUT2D eigenvalue weighted by molar-refractivity contribution is -0.385. The Morgan fingerprint density at radius 2 is 2.00 bits per heavy atom. The van der Waals surface area contributed by atoms with Crippen LogP contribution in [0.25, 0.3) is 0 Å². The van der Waals surface area contributed by atoms with Crippen LogP contribution in [-0.2, 0) is 0 Å². The molecule has 98 valence electrons. The van der Waals surface area contributed by atoms with Crippen LogP contribution < -0.4 is 0 Å². The van der Waals surface area contributed by atoms with Crippen LogP contribution in [0.4, 0.5) is 5.69 Å². The lowest BCUT2D eigenvalue weighted by Gasteiger charge is -2.16. The average Bonchev–Trinajstić information content (AvgIpc) is 2.35. The first-order valence-corrected chi connectivity index (χ1v) is 4.87. The molecular weight excluding hydrogens is 246 g/mol. The maximum absolute atomic E-state index is 10.8. The zero-order chi connectivity index (χ0) is 13.9. The van der Waals surface area contributed by atoms with Crippen molar-refractivity contribution in [2.24, 2.45) is 0 Å². The summed E-state index contributed by atoms with van der Waals surface area (Å²) in [6.07, 6.45) is -3.01. The van der Waals surface area contributed by atoms with E-state index in [0.717, 1.165) is 18.2 Å². The Morgan fingerprint density at radius 3 is 2.44 bits per heavy atom. The molecule has 0 aromatic heterocycles. The fourth-order valence-electron chi connectivity index (χ4n) is 1.39. The van der Waals surface area contributed by atoms with E-state index in [2.05, 4.69) is 0 Å². The number of nitrogens with zero attached hydrogens (tertiary/aromatic N) is 1. The maximum Gasteiger partial charge on any atom is 0.342 e. The largest absolute Gasteiger partial charge is 0.477 e. The molecule has 18 heavy (non-hydrogen) atoms. The van der Waals surface area contributed by atoms with E-state index in [4.69, 9.17) is 10.2 Å². The monoisotopic (exact) mass is 257 g/mol. The summed E-state index contributed by atoms with van der Waals surface area (Å²) in [6, 6.07) is 2.93. The summed E-state index contributed by atoms with van der Waals surface area (Å²) in [7, 11) is 0. The molecule has 8 heteroatoms. The number of hydrogen-bond acceptors (Lipinski definition) is 6. The summed E-state index contributed by atoms with van der Waals surface area (Å²) in [6.45, 7) is -0.722.